The van der Waals surface area contributed by atoms with Crippen molar-refractivity contribution >= 4 is 21.8 Å². The van der Waals surface area contributed by atoms with Gasteiger partial charge in [0.25, 0.3) is 5.56 Å². The summed E-state index contributed by atoms with van der Waals surface area (Å²) < 4.78 is 15.1. The van der Waals surface area contributed by atoms with Crippen LogP contribution < -0.4 is 26.5 Å². The van der Waals surface area contributed by atoms with Gasteiger partial charge in [0, 0.05) is 19.5 Å². The van der Waals surface area contributed by atoms with Crippen LogP contribution in [-0.2, 0) is 18.4 Å². The molecule has 1 amide bonds. The van der Waals surface area contributed by atoms with Gasteiger partial charge < -0.3 is 20.9 Å². The molecule has 0 spiro atoms. The molecule has 8 nitrogen and oxygen atoms in total. The van der Waals surface area contributed by atoms with Crippen LogP contribution in [-0.4, -0.2) is 22.4 Å². The number of ether oxygens (including phenoxy) is 2. The maximum absolute atomic E-state index is 12.7. The summed E-state index contributed by atoms with van der Waals surface area (Å²) >= 11 is 3.39. The number of amides is 1. The number of benzene rings is 2. The number of hydrogen-bond donors (Lipinski definition) is 2. The fourth-order valence-corrected chi connectivity index (χ4v) is 3.69. The van der Waals surface area contributed by atoms with E-state index in [0.29, 0.717) is 27.2 Å². The number of nitrogens with two attached hydrogens (primary N) is 2. The third kappa shape index (κ3) is 4.42. The molecular weight excluding hydrogens is 452 g/mol. The van der Waals surface area contributed by atoms with Gasteiger partial charge in [0.15, 0.2) is 11.5 Å². The first-order chi connectivity index (χ1) is 14.3. The summed E-state index contributed by atoms with van der Waals surface area (Å²) in [5.41, 5.74) is 13.2. The van der Waals surface area contributed by atoms with Gasteiger partial charge in [0.1, 0.15) is 11.1 Å². The second-order valence-electron chi connectivity index (χ2n) is 6.71. The van der Waals surface area contributed by atoms with Crippen molar-refractivity contribution in [1.82, 2.24) is 9.36 Å². The van der Waals surface area contributed by atoms with Crippen LogP contribution in [0.4, 0.5) is 0 Å². The Morgan fingerprint density at radius 2 is 1.87 bits per heavy atom. The second kappa shape index (κ2) is 9.19. The van der Waals surface area contributed by atoms with E-state index in [4.69, 9.17) is 20.9 Å². The lowest BCUT2D eigenvalue weighted by Crippen LogP contribution is -2.20. The number of rotatable bonds is 8. The van der Waals surface area contributed by atoms with Gasteiger partial charge in [-0.25, -0.2) is 4.68 Å². The molecule has 2 aromatic carbocycles. The van der Waals surface area contributed by atoms with Gasteiger partial charge in [-0.15, -0.1) is 0 Å². The second-order valence-corrected chi connectivity index (χ2v) is 7.51. The average molecular weight is 475 g/mol. The van der Waals surface area contributed by atoms with E-state index >= 15 is 0 Å². The SMILES string of the molecule is COc1cc(C(N)CC(N)=O)ccc1OCc1c(Br)c(=O)n(-c2ccccc2)n1C. The van der Waals surface area contributed by atoms with E-state index in [1.165, 1.54) is 7.11 Å². The monoisotopic (exact) mass is 474 g/mol. The molecule has 1 atom stereocenters. The number of primary amides is 1. The summed E-state index contributed by atoms with van der Waals surface area (Å²) in [6.07, 6.45) is 0.0332. The Bertz CT molecular complexity index is 1110. The van der Waals surface area contributed by atoms with Gasteiger partial charge in [-0.1, -0.05) is 24.3 Å². The van der Waals surface area contributed by atoms with Crippen LogP contribution in [0.2, 0.25) is 0 Å². The minimum Gasteiger partial charge on any atom is -0.493 e. The van der Waals surface area contributed by atoms with Crippen LogP contribution >= 0.6 is 15.9 Å². The molecule has 1 heterocycles. The molecule has 1 aromatic heterocycles. The first kappa shape index (κ1) is 21.7. The van der Waals surface area contributed by atoms with Crippen molar-refractivity contribution in [3.63, 3.8) is 0 Å². The van der Waals surface area contributed by atoms with Crippen molar-refractivity contribution in [2.45, 2.75) is 19.1 Å². The quantitative estimate of drug-likeness (QED) is 0.520. The lowest BCUT2D eigenvalue weighted by molar-refractivity contribution is -0.118. The van der Waals surface area contributed by atoms with Crippen molar-refractivity contribution in [2.75, 3.05) is 7.11 Å². The summed E-state index contributed by atoms with van der Waals surface area (Å²) in [5, 5.41) is 0. The van der Waals surface area contributed by atoms with Crippen LogP contribution in [0.25, 0.3) is 5.69 Å². The van der Waals surface area contributed by atoms with E-state index in [2.05, 4.69) is 15.9 Å². The van der Waals surface area contributed by atoms with Gasteiger partial charge in [-0.3, -0.25) is 14.3 Å². The van der Waals surface area contributed by atoms with Crippen molar-refractivity contribution in [1.29, 1.82) is 0 Å². The van der Waals surface area contributed by atoms with Gasteiger partial charge in [0.05, 0.1) is 18.5 Å². The molecule has 30 heavy (non-hydrogen) atoms. The highest BCUT2D eigenvalue weighted by molar-refractivity contribution is 9.10. The van der Waals surface area contributed by atoms with Crippen molar-refractivity contribution in [2.24, 2.45) is 18.5 Å². The summed E-state index contributed by atoms with van der Waals surface area (Å²) in [5.74, 6) is 0.478. The highest BCUT2D eigenvalue weighted by atomic mass is 79.9. The molecule has 0 radical (unpaired) electrons. The number of para-hydroxylation sites is 1. The summed E-state index contributed by atoms with van der Waals surface area (Å²) in [7, 11) is 3.31. The molecule has 3 rings (SSSR count). The summed E-state index contributed by atoms with van der Waals surface area (Å²) in [6.45, 7) is 0.134. The predicted molar refractivity (Wildman–Crippen MR) is 117 cm³/mol. The van der Waals surface area contributed by atoms with E-state index in [0.717, 1.165) is 5.69 Å². The van der Waals surface area contributed by atoms with E-state index in [-0.39, 0.29) is 18.6 Å². The standard InChI is InChI=1S/C21H23BrN4O4/c1-25-16(20(22)21(28)26(25)14-6-4-3-5-7-14)12-30-17-9-8-13(10-18(17)29-2)15(23)11-19(24)27/h3-10,15H,11-12,23H2,1-2H3,(H2,24,27). The lowest BCUT2D eigenvalue weighted by atomic mass is 10.0. The summed E-state index contributed by atoms with van der Waals surface area (Å²) in [4.78, 5) is 23.8. The zero-order valence-electron chi connectivity index (χ0n) is 16.7. The molecule has 0 saturated carbocycles. The zero-order valence-corrected chi connectivity index (χ0v) is 18.3. The Balaban J connectivity index is 1.85. The molecule has 0 aliphatic rings. The number of nitrogens with zero attached hydrogens (tertiary/aromatic N) is 2. The molecular formula is C21H23BrN4O4. The predicted octanol–water partition coefficient (Wildman–Crippen LogP) is 2.40. The Kier molecular flexibility index (Phi) is 6.63. The molecule has 158 valence electrons. The number of carbonyl (C=O) groups excluding carboxylic acids is 1. The van der Waals surface area contributed by atoms with Crippen LogP contribution in [0, 0.1) is 0 Å². The first-order valence-electron chi connectivity index (χ1n) is 9.20. The van der Waals surface area contributed by atoms with E-state index in [1.54, 1.807) is 34.6 Å². The van der Waals surface area contributed by atoms with Gasteiger partial charge in [0.2, 0.25) is 5.91 Å². The Morgan fingerprint density at radius 3 is 2.50 bits per heavy atom. The minimum atomic E-state index is -0.527. The van der Waals surface area contributed by atoms with E-state index < -0.39 is 11.9 Å². The molecule has 0 saturated heterocycles. The first-order valence-corrected chi connectivity index (χ1v) is 9.99. The molecule has 0 aliphatic heterocycles. The highest BCUT2D eigenvalue weighted by Crippen LogP contribution is 2.31. The number of aromatic nitrogens is 2. The fraction of sp³-hybridized carbons (Fsp3) is 0.238. The highest BCUT2D eigenvalue weighted by Gasteiger charge is 2.19. The molecule has 4 N–H and O–H groups in total. The topological polar surface area (TPSA) is 115 Å². The Labute approximate surface area is 182 Å². The number of hydrogen-bond acceptors (Lipinski definition) is 5. The van der Waals surface area contributed by atoms with Crippen molar-refractivity contribution in [3.8, 4) is 17.2 Å². The molecule has 0 fully saturated rings. The Morgan fingerprint density at radius 1 is 1.17 bits per heavy atom. The van der Waals surface area contributed by atoms with E-state index in [9.17, 15) is 9.59 Å². The smallest absolute Gasteiger partial charge is 0.286 e. The molecule has 3 aromatic rings. The third-order valence-corrected chi connectivity index (χ3v) is 5.52. The molecule has 0 bridgehead atoms. The normalized spacial score (nSPS) is 11.9. The number of methoxy groups -OCH3 is 1. The van der Waals surface area contributed by atoms with Gasteiger partial charge >= 0.3 is 0 Å². The van der Waals surface area contributed by atoms with Crippen LogP contribution in [0.15, 0.2) is 57.8 Å². The zero-order chi connectivity index (χ0) is 21.8. The fourth-order valence-electron chi connectivity index (χ4n) is 3.15. The summed E-state index contributed by atoms with van der Waals surface area (Å²) in [6, 6.07) is 14.0. The number of carbonyl (C=O) groups is 1. The molecule has 0 aliphatic carbocycles. The minimum absolute atomic E-state index is 0.0332. The number of halogens is 1. The van der Waals surface area contributed by atoms with Crippen molar-refractivity contribution in [3.05, 3.63) is 74.6 Å². The Hall–Kier alpha value is -3.04. The largest absolute Gasteiger partial charge is 0.493 e. The van der Waals surface area contributed by atoms with Gasteiger partial charge in [-0.05, 0) is 45.8 Å². The van der Waals surface area contributed by atoms with Crippen molar-refractivity contribution < 1.29 is 14.3 Å². The van der Waals surface area contributed by atoms with Gasteiger partial charge in [-0.2, -0.15) is 0 Å². The average Bonchev–Trinajstić information content (AvgIpc) is 2.94. The van der Waals surface area contributed by atoms with Crippen LogP contribution in [0.5, 0.6) is 11.5 Å². The van der Waals surface area contributed by atoms with Crippen LogP contribution in [0.3, 0.4) is 0 Å². The maximum atomic E-state index is 12.7. The molecule has 1 unspecified atom stereocenters. The van der Waals surface area contributed by atoms with E-state index in [1.807, 2.05) is 30.3 Å². The molecule has 9 heteroatoms. The maximum Gasteiger partial charge on any atom is 0.286 e. The third-order valence-electron chi connectivity index (χ3n) is 4.73. The van der Waals surface area contributed by atoms with Crippen LogP contribution in [0.1, 0.15) is 23.7 Å². The lowest BCUT2D eigenvalue weighted by Gasteiger charge is -2.16.